The summed E-state index contributed by atoms with van der Waals surface area (Å²) in [5.41, 5.74) is -0.0785. The summed E-state index contributed by atoms with van der Waals surface area (Å²) >= 11 is 0. The second kappa shape index (κ2) is 6.01. The fraction of sp³-hybridized carbons (Fsp3) is 0.385. The first-order valence-electron chi connectivity index (χ1n) is 5.43. The minimum Gasteiger partial charge on any atom is -0.444 e. The van der Waals surface area contributed by atoms with E-state index in [1.54, 1.807) is 20.8 Å². The summed E-state index contributed by atoms with van der Waals surface area (Å²) in [6.07, 6.45) is 2.02. The molecule has 0 saturated heterocycles. The number of alkyl carbamates (subject to hydrolysis) is 1. The predicted molar refractivity (Wildman–Crippen MR) is 65.3 cm³/mol. The van der Waals surface area contributed by atoms with Gasteiger partial charge in [0.15, 0.2) is 0 Å². The Morgan fingerprint density at radius 1 is 1.50 bits per heavy atom. The quantitative estimate of drug-likeness (QED) is 0.776. The van der Waals surface area contributed by atoms with Crippen molar-refractivity contribution in [1.29, 1.82) is 0 Å². The molecule has 0 aliphatic heterocycles. The number of halogens is 1. The number of amides is 1. The summed E-state index contributed by atoms with van der Waals surface area (Å²) in [4.78, 5) is 14.9. The smallest absolute Gasteiger partial charge is 0.408 e. The van der Waals surface area contributed by atoms with E-state index in [1.165, 1.54) is 12.3 Å². The first kappa shape index (κ1) is 14.0. The molecule has 0 atom stereocenters. The highest BCUT2D eigenvalue weighted by Gasteiger charge is 2.14. The van der Waals surface area contributed by atoms with Gasteiger partial charge < -0.3 is 10.1 Å². The highest BCUT2D eigenvalue weighted by Crippen LogP contribution is 2.06. The first-order valence-corrected chi connectivity index (χ1v) is 5.43. The number of rotatable bonds is 1. The van der Waals surface area contributed by atoms with E-state index < -0.39 is 17.5 Å². The predicted octanol–water partition coefficient (Wildman–Crippen LogP) is 2.10. The molecule has 1 rings (SSSR count). The Morgan fingerprint density at radius 3 is 2.83 bits per heavy atom. The molecule has 1 amide bonds. The van der Waals surface area contributed by atoms with Gasteiger partial charge in [-0.3, -0.25) is 4.98 Å². The highest BCUT2D eigenvalue weighted by molar-refractivity contribution is 5.68. The topological polar surface area (TPSA) is 51.2 Å². The number of nitrogens with one attached hydrogen (secondary N) is 1. The van der Waals surface area contributed by atoms with Crippen LogP contribution in [0.25, 0.3) is 0 Å². The standard InChI is InChI=1S/C13H15FN2O2/c1-13(2,3)18-12(17)16-6-4-5-10-7-11(14)9-15-8-10/h7-9H,6H2,1-3H3,(H,16,17). The molecular weight excluding hydrogens is 235 g/mol. The molecule has 1 N–H and O–H groups in total. The van der Waals surface area contributed by atoms with Gasteiger partial charge in [0.1, 0.15) is 11.4 Å². The van der Waals surface area contributed by atoms with E-state index in [1.807, 2.05) is 0 Å². The molecule has 0 unspecified atom stereocenters. The minimum absolute atomic E-state index is 0.130. The molecule has 0 aliphatic rings. The Bertz CT molecular complexity index is 484. The Labute approximate surface area is 106 Å². The van der Waals surface area contributed by atoms with Crippen LogP contribution in [0.1, 0.15) is 26.3 Å². The van der Waals surface area contributed by atoms with Crippen LogP contribution in [0.2, 0.25) is 0 Å². The van der Waals surface area contributed by atoms with Crippen molar-refractivity contribution >= 4 is 6.09 Å². The van der Waals surface area contributed by atoms with Crippen molar-refractivity contribution in [3.63, 3.8) is 0 Å². The lowest BCUT2D eigenvalue weighted by atomic mass is 10.2. The van der Waals surface area contributed by atoms with Gasteiger partial charge in [0.25, 0.3) is 0 Å². The normalized spacial score (nSPS) is 10.2. The van der Waals surface area contributed by atoms with Gasteiger partial charge >= 0.3 is 6.09 Å². The van der Waals surface area contributed by atoms with Crippen molar-refractivity contribution in [1.82, 2.24) is 10.3 Å². The monoisotopic (exact) mass is 250 g/mol. The van der Waals surface area contributed by atoms with Gasteiger partial charge in [0.05, 0.1) is 12.7 Å². The third-order valence-electron chi connectivity index (χ3n) is 1.66. The van der Waals surface area contributed by atoms with Crippen LogP contribution in [0.3, 0.4) is 0 Å². The number of hydrogen-bond acceptors (Lipinski definition) is 3. The van der Waals surface area contributed by atoms with Gasteiger partial charge in [-0.05, 0) is 26.8 Å². The van der Waals surface area contributed by atoms with Crippen molar-refractivity contribution in [2.75, 3.05) is 6.54 Å². The molecule has 1 heterocycles. The van der Waals surface area contributed by atoms with E-state index in [-0.39, 0.29) is 6.54 Å². The average Bonchev–Trinajstić information content (AvgIpc) is 2.22. The maximum Gasteiger partial charge on any atom is 0.408 e. The summed E-state index contributed by atoms with van der Waals surface area (Å²) in [6, 6.07) is 1.27. The van der Waals surface area contributed by atoms with Gasteiger partial charge in [0, 0.05) is 11.8 Å². The molecule has 0 fully saturated rings. The van der Waals surface area contributed by atoms with Crippen molar-refractivity contribution < 1.29 is 13.9 Å². The number of nitrogens with zero attached hydrogens (tertiary/aromatic N) is 1. The molecule has 0 radical (unpaired) electrons. The second-order valence-electron chi connectivity index (χ2n) is 4.55. The second-order valence-corrected chi connectivity index (χ2v) is 4.55. The molecule has 0 aliphatic carbocycles. The van der Waals surface area contributed by atoms with Gasteiger partial charge in [0.2, 0.25) is 0 Å². The average molecular weight is 250 g/mol. The van der Waals surface area contributed by atoms with Gasteiger partial charge in [-0.25, -0.2) is 9.18 Å². The zero-order chi connectivity index (χ0) is 13.6. The van der Waals surface area contributed by atoms with Crippen LogP contribution in [-0.4, -0.2) is 23.2 Å². The molecule has 5 heteroatoms. The van der Waals surface area contributed by atoms with Crippen LogP contribution in [0.15, 0.2) is 18.5 Å². The SMILES string of the molecule is CC(C)(C)OC(=O)NCC#Cc1cncc(F)c1. The highest BCUT2D eigenvalue weighted by atomic mass is 19.1. The molecule has 0 spiro atoms. The minimum atomic E-state index is -0.538. The van der Waals surface area contributed by atoms with Crippen molar-refractivity contribution in [3.05, 3.63) is 29.8 Å². The molecule has 0 saturated carbocycles. The molecule has 96 valence electrons. The van der Waals surface area contributed by atoms with Crippen LogP contribution in [0.4, 0.5) is 9.18 Å². The van der Waals surface area contributed by atoms with E-state index in [2.05, 4.69) is 22.1 Å². The Balaban J connectivity index is 2.41. The van der Waals surface area contributed by atoms with Gasteiger partial charge in [-0.1, -0.05) is 11.8 Å². The Kier molecular flexibility index (Phi) is 4.67. The zero-order valence-electron chi connectivity index (χ0n) is 10.6. The van der Waals surface area contributed by atoms with E-state index in [4.69, 9.17) is 4.74 Å². The molecule has 0 bridgehead atoms. The van der Waals surface area contributed by atoms with Crippen molar-refractivity contribution in [2.24, 2.45) is 0 Å². The number of ether oxygens (including phenoxy) is 1. The Hall–Kier alpha value is -2.09. The summed E-state index contributed by atoms with van der Waals surface area (Å²) in [6.45, 7) is 5.45. The molecule has 4 nitrogen and oxygen atoms in total. The van der Waals surface area contributed by atoms with Crippen LogP contribution in [-0.2, 0) is 4.74 Å². The Morgan fingerprint density at radius 2 is 2.22 bits per heavy atom. The van der Waals surface area contributed by atoms with Crippen LogP contribution in [0.5, 0.6) is 0 Å². The lowest BCUT2D eigenvalue weighted by molar-refractivity contribution is 0.0535. The van der Waals surface area contributed by atoms with E-state index in [0.29, 0.717) is 5.56 Å². The third-order valence-corrected chi connectivity index (χ3v) is 1.66. The van der Waals surface area contributed by atoms with E-state index >= 15 is 0 Å². The van der Waals surface area contributed by atoms with Crippen LogP contribution < -0.4 is 5.32 Å². The maximum absolute atomic E-state index is 12.8. The number of carbonyl (C=O) groups is 1. The maximum atomic E-state index is 12.8. The van der Waals surface area contributed by atoms with E-state index in [9.17, 15) is 9.18 Å². The number of pyridine rings is 1. The number of hydrogen-bond donors (Lipinski definition) is 1. The lowest BCUT2D eigenvalue weighted by Gasteiger charge is -2.18. The molecule has 1 aromatic heterocycles. The fourth-order valence-corrected chi connectivity index (χ4v) is 1.06. The van der Waals surface area contributed by atoms with E-state index in [0.717, 1.165) is 6.20 Å². The van der Waals surface area contributed by atoms with Crippen LogP contribution in [0, 0.1) is 17.7 Å². The largest absolute Gasteiger partial charge is 0.444 e. The molecular formula is C13H15FN2O2. The summed E-state index contributed by atoms with van der Waals surface area (Å²) in [7, 11) is 0. The van der Waals surface area contributed by atoms with Crippen LogP contribution >= 0.6 is 0 Å². The molecule has 1 aromatic rings. The van der Waals surface area contributed by atoms with Gasteiger partial charge in [-0.2, -0.15) is 0 Å². The fourth-order valence-electron chi connectivity index (χ4n) is 1.06. The number of aromatic nitrogens is 1. The lowest BCUT2D eigenvalue weighted by Crippen LogP contribution is -2.32. The third kappa shape index (κ3) is 5.85. The number of carbonyl (C=O) groups excluding carboxylic acids is 1. The molecule has 0 aromatic carbocycles. The summed E-state index contributed by atoms with van der Waals surface area (Å²) in [5.74, 6) is 4.92. The van der Waals surface area contributed by atoms with Crippen molar-refractivity contribution in [2.45, 2.75) is 26.4 Å². The zero-order valence-corrected chi connectivity index (χ0v) is 10.6. The molecule has 18 heavy (non-hydrogen) atoms. The first-order chi connectivity index (χ1) is 8.37. The summed E-state index contributed by atoms with van der Waals surface area (Å²) < 4.78 is 17.8. The van der Waals surface area contributed by atoms with Crippen molar-refractivity contribution in [3.8, 4) is 11.8 Å². The van der Waals surface area contributed by atoms with Gasteiger partial charge in [-0.15, -0.1) is 0 Å². The summed E-state index contributed by atoms with van der Waals surface area (Å²) in [5, 5.41) is 2.48.